The van der Waals surface area contributed by atoms with Crippen molar-refractivity contribution in [3.8, 4) is 5.75 Å². The molecule has 1 saturated heterocycles. The molecule has 152 valence electrons. The van der Waals surface area contributed by atoms with Gasteiger partial charge in [-0.15, -0.1) is 0 Å². The molecule has 1 atom stereocenters. The highest BCUT2D eigenvalue weighted by Gasteiger charge is 2.27. The first-order valence-electron chi connectivity index (χ1n) is 9.65. The van der Waals surface area contributed by atoms with Gasteiger partial charge in [0, 0.05) is 50.9 Å². The highest BCUT2D eigenvalue weighted by Crippen LogP contribution is 2.23. The van der Waals surface area contributed by atoms with Gasteiger partial charge in [0.15, 0.2) is 0 Å². The van der Waals surface area contributed by atoms with Crippen molar-refractivity contribution in [2.24, 2.45) is 0 Å². The molecule has 0 spiro atoms. The second-order valence-electron chi connectivity index (χ2n) is 7.41. The smallest absolute Gasteiger partial charge is 0.127 e. The van der Waals surface area contributed by atoms with E-state index in [1.54, 1.807) is 7.11 Å². The zero-order valence-corrected chi connectivity index (χ0v) is 16.5. The minimum absolute atomic E-state index is 0.102. The summed E-state index contributed by atoms with van der Waals surface area (Å²) in [4.78, 5) is 4.49. The van der Waals surface area contributed by atoms with Crippen molar-refractivity contribution in [3.63, 3.8) is 0 Å². The van der Waals surface area contributed by atoms with Gasteiger partial charge in [0.25, 0.3) is 0 Å². The lowest BCUT2D eigenvalue weighted by Gasteiger charge is -2.41. The first-order valence-corrected chi connectivity index (χ1v) is 9.65. The van der Waals surface area contributed by atoms with Gasteiger partial charge in [0.2, 0.25) is 0 Å². The molecule has 0 aromatic heterocycles. The number of hydrogen-bond donors (Lipinski definition) is 1. The van der Waals surface area contributed by atoms with Crippen LogP contribution in [0.5, 0.6) is 5.75 Å². The lowest BCUT2D eigenvalue weighted by Crippen LogP contribution is -2.52. The molecule has 0 amide bonds. The summed E-state index contributed by atoms with van der Waals surface area (Å²) in [7, 11) is 1.67. The monoisotopic (exact) mass is 390 g/mol. The minimum Gasteiger partial charge on any atom is -0.496 e. The number of rotatable bonds is 7. The second-order valence-corrected chi connectivity index (χ2v) is 7.41. The molecule has 1 aliphatic heterocycles. The average molecular weight is 390 g/mol. The molecule has 4 nitrogen and oxygen atoms in total. The maximum absolute atomic E-state index is 14.0. The quantitative estimate of drug-likeness (QED) is 0.787. The second kappa shape index (κ2) is 9.45. The molecule has 0 radical (unpaired) electrons. The van der Waals surface area contributed by atoms with Gasteiger partial charge in [-0.05, 0) is 48.7 Å². The molecule has 0 aliphatic carbocycles. The van der Waals surface area contributed by atoms with Crippen LogP contribution in [-0.4, -0.2) is 54.3 Å². The molecule has 1 aliphatic rings. The van der Waals surface area contributed by atoms with E-state index in [0.717, 1.165) is 37.0 Å². The zero-order chi connectivity index (χ0) is 20.1. The SMILES string of the molecule is COc1ccc(CN2CCN(Cc3cc(F)ccc3F)C[C@H]2CCO)cc1C. The maximum Gasteiger partial charge on any atom is 0.127 e. The van der Waals surface area contributed by atoms with Crippen molar-refractivity contribution >= 4 is 0 Å². The third-order valence-corrected chi connectivity index (χ3v) is 5.40. The van der Waals surface area contributed by atoms with Crippen LogP contribution in [0.2, 0.25) is 0 Å². The van der Waals surface area contributed by atoms with Gasteiger partial charge >= 0.3 is 0 Å². The van der Waals surface area contributed by atoms with E-state index in [4.69, 9.17) is 4.74 Å². The number of halogens is 2. The summed E-state index contributed by atoms with van der Waals surface area (Å²) >= 11 is 0. The number of piperazine rings is 1. The standard InChI is InChI=1S/C22H28F2N2O2/c1-16-11-17(3-6-22(16)28-2)13-26-9-8-25(15-20(26)7-10-27)14-18-12-19(23)4-5-21(18)24/h3-6,11-12,20,27H,7-10,13-15H2,1-2H3/t20-/m1/s1. The fourth-order valence-electron chi connectivity index (χ4n) is 3.91. The predicted molar refractivity (Wildman–Crippen MR) is 105 cm³/mol. The third kappa shape index (κ3) is 5.07. The Balaban J connectivity index is 1.67. The van der Waals surface area contributed by atoms with Crippen molar-refractivity contribution in [1.29, 1.82) is 0 Å². The highest BCUT2D eigenvalue weighted by atomic mass is 19.1. The Hall–Kier alpha value is -2.02. The fourth-order valence-corrected chi connectivity index (χ4v) is 3.91. The van der Waals surface area contributed by atoms with Crippen LogP contribution in [0.1, 0.15) is 23.1 Å². The summed E-state index contributed by atoms with van der Waals surface area (Å²) < 4.78 is 32.8. The third-order valence-electron chi connectivity index (χ3n) is 5.40. The van der Waals surface area contributed by atoms with E-state index in [0.29, 0.717) is 25.1 Å². The van der Waals surface area contributed by atoms with Crippen LogP contribution in [0.25, 0.3) is 0 Å². The van der Waals surface area contributed by atoms with Gasteiger partial charge in [-0.25, -0.2) is 8.78 Å². The summed E-state index contributed by atoms with van der Waals surface area (Å²) in [5.74, 6) is 0.0747. The van der Waals surface area contributed by atoms with Gasteiger partial charge in [-0.1, -0.05) is 12.1 Å². The van der Waals surface area contributed by atoms with Crippen molar-refractivity contribution in [3.05, 3.63) is 64.7 Å². The maximum atomic E-state index is 14.0. The van der Waals surface area contributed by atoms with Crippen molar-refractivity contribution in [2.45, 2.75) is 32.5 Å². The molecule has 1 N–H and O–H groups in total. The Labute approximate surface area is 165 Å². The van der Waals surface area contributed by atoms with Crippen LogP contribution >= 0.6 is 0 Å². The lowest BCUT2D eigenvalue weighted by atomic mass is 10.0. The number of methoxy groups -OCH3 is 1. The number of aliphatic hydroxyl groups is 1. The van der Waals surface area contributed by atoms with Gasteiger partial charge in [0.05, 0.1) is 7.11 Å². The molecular formula is C22H28F2N2O2. The first-order chi connectivity index (χ1) is 13.5. The first kappa shape index (κ1) is 20.7. The largest absolute Gasteiger partial charge is 0.496 e. The van der Waals surface area contributed by atoms with Crippen molar-refractivity contribution < 1.29 is 18.6 Å². The topological polar surface area (TPSA) is 35.9 Å². The Bertz CT molecular complexity index is 800. The molecule has 2 aromatic carbocycles. The van der Waals surface area contributed by atoms with E-state index in [-0.39, 0.29) is 18.5 Å². The van der Waals surface area contributed by atoms with Crippen LogP contribution < -0.4 is 4.74 Å². The van der Waals surface area contributed by atoms with E-state index >= 15 is 0 Å². The van der Waals surface area contributed by atoms with Gasteiger partial charge in [-0.2, -0.15) is 0 Å². The average Bonchev–Trinajstić information content (AvgIpc) is 2.67. The Kier molecular flexibility index (Phi) is 6.99. The van der Waals surface area contributed by atoms with E-state index in [9.17, 15) is 13.9 Å². The molecule has 3 rings (SSSR count). The van der Waals surface area contributed by atoms with Crippen LogP contribution in [0.3, 0.4) is 0 Å². The molecule has 0 saturated carbocycles. The summed E-state index contributed by atoms with van der Waals surface area (Å²) in [6.45, 7) is 5.59. The van der Waals surface area contributed by atoms with E-state index in [2.05, 4.69) is 21.9 Å². The van der Waals surface area contributed by atoms with Gasteiger partial charge in [0.1, 0.15) is 17.4 Å². The predicted octanol–water partition coefficient (Wildman–Crippen LogP) is 3.35. The number of nitrogens with zero attached hydrogens (tertiary/aromatic N) is 2. The molecule has 6 heteroatoms. The molecule has 28 heavy (non-hydrogen) atoms. The Morgan fingerprint density at radius 3 is 2.64 bits per heavy atom. The molecule has 0 bridgehead atoms. The zero-order valence-electron chi connectivity index (χ0n) is 16.5. The summed E-state index contributed by atoms with van der Waals surface area (Å²) in [5, 5.41) is 9.50. The van der Waals surface area contributed by atoms with Crippen molar-refractivity contribution in [1.82, 2.24) is 9.80 Å². The highest BCUT2D eigenvalue weighted by molar-refractivity contribution is 5.36. The van der Waals surface area contributed by atoms with Crippen molar-refractivity contribution in [2.75, 3.05) is 33.4 Å². The molecular weight excluding hydrogens is 362 g/mol. The van der Waals surface area contributed by atoms with Crippen LogP contribution in [0.15, 0.2) is 36.4 Å². The van der Waals surface area contributed by atoms with E-state index < -0.39 is 5.82 Å². The lowest BCUT2D eigenvalue weighted by molar-refractivity contribution is 0.0494. The van der Waals surface area contributed by atoms with E-state index in [1.807, 2.05) is 13.0 Å². The number of ether oxygens (including phenoxy) is 1. The number of aliphatic hydroxyl groups excluding tert-OH is 1. The van der Waals surface area contributed by atoms with Crippen LogP contribution in [0.4, 0.5) is 8.78 Å². The normalized spacial score (nSPS) is 18.4. The van der Waals surface area contributed by atoms with Gasteiger partial charge in [-0.3, -0.25) is 9.80 Å². The molecule has 0 unspecified atom stereocenters. The van der Waals surface area contributed by atoms with Gasteiger partial charge < -0.3 is 9.84 Å². The minimum atomic E-state index is -0.420. The number of benzene rings is 2. The van der Waals surface area contributed by atoms with E-state index in [1.165, 1.54) is 17.7 Å². The summed E-state index contributed by atoms with van der Waals surface area (Å²) in [6, 6.07) is 9.93. The summed E-state index contributed by atoms with van der Waals surface area (Å²) in [6.07, 6.45) is 0.650. The van der Waals surface area contributed by atoms with Crippen LogP contribution in [0, 0.1) is 18.6 Å². The fraction of sp³-hybridized carbons (Fsp3) is 0.455. The number of hydrogen-bond acceptors (Lipinski definition) is 4. The number of aryl methyl sites for hydroxylation is 1. The molecule has 2 aromatic rings. The molecule has 1 heterocycles. The summed E-state index contributed by atoms with van der Waals surface area (Å²) in [5.41, 5.74) is 2.67. The Morgan fingerprint density at radius 1 is 1.11 bits per heavy atom. The molecule has 1 fully saturated rings. The Morgan fingerprint density at radius 2 is 1.93 bits per heavy atom. The van der Waals surface area contributed by atoms with Crippen LogP contribution in [-0.2, 0) is 13.1 Å².